The smallest absolute Gasteiger partial charge is 0.319 e. The number of carbonyl (C=O) groups excluding carboxylic acids is 1. The Bertz CT molecular complexity index is 654. The van der Waals surface area contributed by atoms with Crippen LogP contribution >= 0.6 is 0 Å². The molecule has 2 aromatic carbocycles. The number of hydrogen-bond acceptors (Lipinski definition) is 3. The summed E-state index contributed by atoms with van der Waals surface area (Å²) < 4.78 is 23.3. The highest BCUT2D eigenvalue weighted by Crippen LogP contribution is 2.25. The molecule has 0 saturated carbocycles. The van der Waals surface area contributed by atoms with E-state index in [1.807, 2.05) is 6.07 Å². The molecule has 2 amide bonds. The fourth-order valence-electron chi connectivity index (χ4n) is 2.07. The first kappa shape index (κ1) is 16.6. The van der Waals surface area contributed by atoms with Crippen LogP contribution in [0.1, 0.15) is 5.56 Å². The fourth-order valence-corrected chi connectivity index (χ4v) is 2.07. The number of nitrogens with one attached hydrogen (secondary N) is 2. The Morgan fingerprint density at radius 3 is 2.39 bits per heavy atom. The Morgan fingerprint density at radius 1 is 1.09 bits per heavy atom. The summed E-state index contributed by atoms with van der Waals surface area (Å²) in [5.74, 6) is 0.884. The third kappa shape index (κ3) is 5.18. The van der Waals surface area contributed by atoms with Crippen LogP contribution in [-0.4, -0.2) is 26.8 Å². The molecule has 0 radical (unpaired) electrons. The Balaban J connectivity index is 1.87. The maximum absolute atomic E-state index is 13.1. The predicted octanol–water partition coefficient (Wildman–Crippen LogP) is 3.21. The minimum atomic E-state index is -0.350. The zero-order valence-electron chi connectivity index (χ0n) is 13.1. The van der Waals surface area contributed by atoms with Crippen LogP contribution < -0.4 is 20.1 Å². The van der Waals surface area contributed by atoms with Crippen LogP contribution in [0.3, 0.4) is 0 Å². The number of benzene rings is 2. The van der Waals surface area contributed by atoms with E-state index < -0.39 is 0 Å². The molecule has 0 atom stereocenters. The first-order valence-electron chi connectivity index (χ1n) is 7.13. The van der Waals surface area contributed by atoms with Gasteiger partial charge in [0.2, 0.25) is 0 Å². The summed E-state index contributed by atoms with van der Waals surface area (Å²) in [5, 5.41) is 5.42. The monoisotopic (exact) mass is 318 g/mol. The van der Waals surface area contributed by atoms with Crippen molar-refractivity contribution >= 4 is 11.7 Å². The summed E-state index contributed by atoms with van der Waals surface area (Å²) in [5.41, 5.74) is 1.39. The maximum atomic E-state index is 13.1. The summed E-state index contributed by atoms with van der Waals surface area (Å²) in [7, 11) is 3.08. The van der Waals surface area contributed by atoms with Crippen molar-refractivity contribution in [3.05, 3.63) is 53.8 Å². The lowest BCUT2D eigenvalue weighted by molar-refractivity contribution is 0.252. The average Bonchev–Trinajstić information content (AvgIpc) is 2.54. The number of hydrogen-bond donors (Lipinski definition) is 2. The van der Waals surface area contributed by atoms with Gasteiger partial charge in [-0.2, -0.15) is 0 Å². The molecule has 0 spiro atoms. The second kappa shape index (κ2) is 8.03. The van der Waals surface area contributed by atoms with Gasteiger partial charge in [-0.15, -0.1) is 0 Å². The van der Waals surface area contributed by atoms with Crippen LogP contribution in [0.25, 0.3) is 0 Å². The van der Waals surface area contributed by atoms with Gasteiger partial charge in [-0.05, 0) is 24.1 Å². The van der Waals surface area contributed by atoms with E-state index in [9.17, 15) is 9.18 Å². The lowest BCUT2D eigenvalue weighted by atomic mass is 10.1. The van der Waals surface area contributed by atoms with E-state index in [1.165, 1.54) is 26.4 Å². The number of anilines is 1. The van der Waals surface area contributed by atoms with Crippen LogP contribution in [0.5, 0.6) is 11.5 Å². The van der Waals surface area contributed by atoms with Crippen molar-refractivity contribution in [3.63, 3.8) is 0 Å². The highest BCUT2D eigenvalue weighted by atomic mass is 19.1. The maximum Gasteiger partial charge on any atom is 0.319 e. The van der Waals surface area contributed by atoms with Gasteiger partial charge >= 0.3 is 6.03 Å². The molecular formula is C17H19FN2O3. The fraction of sp³-hybridized carbons (Fsp3) is 0.235. The highest BCUT2D eigenvalue weighted by molar-refractivity contribution is 5.89. The number of urea groups is 1. The largest absolute Gasteiger partial charge is 0.497 e. The summed E-state index contributed by atoms with van der Waals surface area (Å²) in [6.07, 6.45) is 0.548. The second-order valence-corrected chi connectivity index (χ2v) is 4.86. The third-order valence-corrected chi connectivity index (χ3v) is 3.20. The van der Waals surface area contributed by atoms with E-state index in [4.69, 9.17) is 9.47 Å². The number of methoxy groups -OCH3 is 2. The molecule has 0 aliphatic rings. The van der Waals surface area contributed by atoms with Crippen molar-refractivity contribution in [2.75, 3.05) is 26.1 Å². The molecule has 0 aliphatic carbocycles. The Morgan fingerprint density at radius 2 is 1.78 bits per heavy atom. The number of amides is 2. The molecule has 5 nitrogen and oxygen atoms in total. The van der Waals surface area contributed by atoms with Crippen molar-refractivity contribution < 1.29 is 18.7 Å². The molecule has 23 heavy (non-hydrogen) atoms. The van der Waals surface area contributed by atoms with E-state index >= 15 is 0 Å². The first-order chi connectivity index (χ1) is 11.1. The summed E-state index contributed by atoms with van der Waals surface area (Å²) in [6.45, 7) is 0.399. The number of ether oxygens (including phenoxy) is 2. The van der Waals surface area contributed by atoms with Gasteiger partial charge in [0, 0.05) is 30.4 Å². The van der Waals surface area contributed by atoms with Gasteiger partial charge in [0.1, 0.15) is 17.3 Å². The number of carbonyl (C=O) groups is 1. The quantitative estimate of drug-likeness (QED) is 0.860. The molecule has 0 fully saturated rings. The van der Waals surface area contributed by atoms with Crippen molar-refractivity contribution in [1.82, 2.24) is 5.32 Å². The zero-order valence-corrected chi connectivity index (χ0v) is 13.1. The zero-order chi connectivity index (χ0) is 16.7. The van der Waals surface area contributed by atoms with Crippen molar-refractivity contribution in [2.24, 2.45) is 0 Å². The van der Waals surface area contributed by atoms with Crippen LogP contribution in [0.15, 0.2) is 42.5 Å². The summed E-state index contributed by atoms with van der Waals surface area (Å²) in [6, 6.07) is 11.0. The van der Waals surface area contributed by atoms with Gasteiger partial charge in [0.05, 0.1) is 14.2 Å². The molecule has 2 aromatic rings. The minimum absolute atomic E-state index is 0.282. The number of halogens is 1. The molecule has 2 N–H and O–H groups in total. The van der Waals surface area contributed by atoms with Crippen molar-refractivity contribution in [1.29, 1.82) is 0 Å². The lowest BCUT2D eigenvalue weighted by Gasteiger charge is -2.11. The topological polar surface area (TPSA) is 59.6 Å². The van der Waals surface area contributed by atoms with E-state index in [2.05, 4.69) is 10.6 Å². The van der Waals surface area contributed by atoms with Crippen LogP contribution in [0, 0.1) is 5.82 Å². The molecule has 2 rings (SSSR count). The molecule has 122 valence electrons. The molecular weight excluding hydrogens is 299 g/mol. The SMILES string of the molecule is COc1cc(NC(=O)NCCc2cccc(F)c2)cc(OC)c1. The predicted molar refractivity (Wildman–Crippen MR) is 86.7 cm³/mol. The Labute approximate surface area is 134 Å². The average molecular weight is 318 g/mol. The van der Waals surface area contributed by atoms with Crippen LogP contribution in [0.2, 0.25) is 0 Å². The summed E-state index contributed by atoms with van der Waals surface area (Å²) in [4.78, 5) is 11.9. The lowest BCUT2D eigenvalue weighted by Crippen LogP contribution is -2.30. The first-order valence-corrected chi connectivity index (χ1v) is 7.13. The van der Waals surface area contributed by atoms with Gasteiger partial charge in [0.25, 0.3) is 0 Å². The van der Waals surface area contributed by atoms with Crippen molar-refractivity contribution in [3.8, 4) is 11.5 Å². The molecule has 0 bridgehead atoms. The van der Waals surface area contributed by atoms with E-state index in [0.717, 1.165) is 5.56 Å². The van der Waals surface area contributed by atoms with E-state index in [-0.39, 0.29) is 11.8 Å². The molecule has 6 heteroatoms. The molecule has 0 unspecified atom stereocenters. The Hall–Kier alpha value is -2.76. The van der Waals surface area contributed by atoms with Gasteiger partial charge in [-0.3, -0.25) is 0 Å². The molecule has 0 aromatic heterocycles. The second-order valence-electron chi connectivity index (χ2n) is 4.86. The van der Waals surface area contributed by atoms with Gasteiger partial charge in [-0.25, -0.2) is 9.18 Å². The van der Waals surface area contributed by atoms with Gasteiger partial charge < -0.3 is 20.1 Å². The Kier molecular flexibility index (Phi) is 5.80. The van der Waals surface area contributed by atoms with E-state index in [1.54, 1.807) is 24.3 Å². The van der Waals surface area contributed by atoms with Crippen LogP contribution in [-0.2, 0) is 6.42 Å². The highest BCUT2D eigenvalue weighted by Gasteiger charge is 2.06. The summed E-state index contributed by atoms with van der Waals surface area (Å²) >= 11 is 0. The van der Waals surface area contributed by atoms with Gasteiger partial charge in [-0.1, -0.05) is 12.1 Å². The molecule has 0 aliphatic heterocycles. The standard InChI is InChI=1S/C17H19FN2O3/c1-22-15-9-14(10-16(11-15)23-2)20-17(21)19-7-6-12-4-3-5-13(18)8-12/h3-5,8-11H,6-7H2,1-2H3,(H2,19,20,21). The normalized spacial score (nSPS) is 10.0. The van der Waals surface area contributed by atoms with Gasteiger partial charge in [0.15, 0.2) is 0 Å². The minimum Gasteiger partial charge on any atom is -0.497 e. The van der Waals surface area contributed by atoms with Crippen molar-refractivity contribution in [2.45, 2.75) is 6.42 Å². The van der Waals surface area contributed by atoms with E-state index in [0.29, 0.717) is 30.2 Å². The molecule has 0 saturated heterocycles. The van der Waals surface area contributed by atoms with Crippen LogP contribution in [0.4, 0.5) is 14.9 Å². The third-order valence-electron chi connectivity index (χ3n) is 3.20. The number of rotatable bonds is 6. The molecule has 0 heterocycles.